The first-order chi connectivity index (χ1) is 20.3. The third-order valence-electron chi connectivity index (χ3n) is 6.43. The highest BCUT2D eigenvalue weighted by molar-refractivity contribution is 5.91. The third-order valence-corrected chi connectivity index (χ3v) is 6.43. The van der Waals surface area contributed by atoms with Crippen LogP contribution in [0.1, 0.15) is 105 Å². The van der Waals surface area contributed by atoms with Crippen LogP contribution in [0.5, 0.6) is 5.75 Å². The Labute approximate surface area is 256 Å². The Bertz CT molecular complexity index is 1160. The molecule has 0 aliphatic heterocycles. The van der Waals surface area contributed by atoms with Crippen molar-refractivity contribution >= 4 is 28.5 Å². The molecule has 0 spiro atoms. The lowest BCUT2D eigenvalue weighted by molar-refractivity contribution is -0.121. The fraction of sp³-hybridized carbons (Fsp3) is 0.571. The Balaban J connectivity index is 0.000000709. The molecule has 0 radical (unpaired) electrons. The molecule has 7 heteroatoms. The number of nitrogens with zero attached hydrogens (tertiary/aromatic N) is 3. The molecule has 2 heterocycles. The summed E-state index contributed by atoms with van der Waals surface area (Å²) in [5.41, 5.74) is 4.33. The molecule has 0 saturated carbocycles. The Morgan fingerprint density at radius 1 is 0.952 bits per heavy atom. The molecule has 0 saturated heterocycles. The summed E-state index contributed by atoms with van der Waals surface area (Å²) in [7, 11) is 3.35. The number of likely N-dealkylation sites (N-methyl/N-ethyl adjacent to an activating group) is 1. The van der Waals surface area contributed by atoms with Crippen LogP contribution >= 0.6 is 0 Å². The Hall–Kier alpha value is -3.35. The second-order valence-corrected chi connectivity index (χ2v) is 9.86. The number of hydrogen-bond acceptors (Lipinski definition) is 4. The van der Waals surface area contributed by atoms with Crippen molar-refractivity contribution in [3.8, 4) is 5.75 Å². The van der Waals surface area contributed by atoms with Gasteiger partial charge in [0.2, 0.25) is 11.8 Å². The van der Waals surface area contributed by atoms with E-state index in [1.807, 2.05) is 53.8 Å². The van der Waals surface area contributed by atoms with Gasteiger partial charge in [0, 0.05) is 44.0 Å². The molecule has 0 aliphatic rings. The highest BCUT2D eigenvalue weighted by Gasteiger charge is 2.13. The van der Waals surface area contributed by atoms with Crippen molar-refractivity contribution in [2.75, 3.05) is 25.6 Å². The number of nitrogens with one attached hydrogen (secondary N) is 1. The summed E-state index contributed by atoms with van der Waals surface area (Å²) in [6, 6.07) is 10.1. The summed E-state index contributed by atoms with van der Waals surface area (Å²) in [4.78, 5) is 29.3. The maximum atomic E-state index is 11.8. The van der Waals surface area contributed by atoms with Crippen molar-refractivity contribution in [1.29, 1.82) is 0 Å². The lowest BCUT2D eigenvalue weighted by atomic mass is 10.0. The molecular weight excluding hydrogens is 524 g/mol. The molecule has 3 rings (SSSR count). The van der Waals surface area contributed by atoms with Crippen LogP contribution < -0.4 is 15.0 Å². The molecular formula is C35H58N4O3. The van der Waals surface area contributed by atoms with Crippen LogP contribution in [0.3, 0.4) is 0 Å². The zero-order chi connectivity index (χ0) is 31.9. The van der Waals surface area contributed by atoms with E-state index in [4.69, 9.17) is 4.74 Å². The fourth-order valence-electron chi connectivity index (χ4n) is 4.38. The van der Waals surface area contributed by atoms with Crippen LogP contribution in [0.25, 0.3) is 11.0 Å². The number of carbonyl (C=O) groups excluding carboxylic acids is 2. The monoisotopic (exact) mass is 582 g/mol. The number of pyridine rings is 1. The zero-order valence-electron chi connectivity index (χ0n) is 28.2. The summed E-state index contributed by atoms with van der Waals surface area (Å²) in [6.07, 6.45) is 12.8. The summed E-state index contributed by atoms with van der Waals surface area (Å²) in [5, 5.41) is 3.74. The van der Waals surface area contributed by atoms with Crippen molar-refractivity contribution in [2.24, 2.45) is 0 Å². The summed E-state index contributed by atoms with van der Waals surface area (Å²) >= 11 is 0. The average Bonchev–Trinajstić information content (AvgIpc) is 3.42. The maximum Gasteiger partial charge on any atom is 0.239 e. The van der Waals surface area contributed by atoms with Crippen molar-refractivity contribution in [2.45, 2.75) is 113 Å². The van der Waals surface area contributed by atoms with Gasteiger partial charge in [-0.25, -0.2) is 4.98 Å². The number of carbonyl (C=O) groups is 2. The molecule has 2 amide bonds. The number of aryl methyl sites for hydroxylation is 2. The van der Waals surface area contributed by atoms with Crippen LogP contribution in [0.15, 0.2) is 42.7 Å². The minimum absolute atomic E-state index is 0.0128. The minimum atomic E-state index is -0.0128. The van der Waals surface area contributed by atoms with E-state index in [9.17, 15) is 9.59 Å². The minimum Gasteiger partial charge on any atom is -0.496 e. The van der Waals surface area contributed by atoms with E-state index in [0.717, 1.165) is 48.3 Å². The van der Waals surface area contributed by atoms with Gasteiger partial charge in [-0.2, -0.15) is 0 Å². The van der Waals surface area contributed by atoms with E-state index >= 15 is 0 Å². The van der Waals surface area contributed by atoms with Gasteiger partial charge in [0.05, 0.1) is 7.11 Å². The summed E-state index contributed by atoms with van der Waals surface area (Å²) in [6.45, 7) is 17.4. The highest BCUT2D eigenvalue weighted by atomic mass is 16.5. The van der Waals surface area contributed by atoms with Gasteiger partial charge in [-0.15, -0.1) is 0 Å². The van der Waals surface area contributed by atoms with Gasteiger partial charge in [0.1, 0.15) is 17.9 Å². The Kier molecular flexibility index (Phi) is 21.4. The molecule has 0 atom stereocenters. The van der Waals surface area contributed by atoms with E-state index in [1.54, 1.807) is 27.3 Å². The van der Waals surface area contributed by atoms with Gasteiger partial charge in [-0.1, -0.05) is 74.1 Å². The van der Waals surface area contributed by atoms with E-state index in [-0.39, 0.29) is 11.8 Å². The van der Waals surface area contributed by atoms with Crippen LogP contribution in [0.4, 0.5) is 5.69 Å². The molecule has 0 bridgehead atoms. The Morgan fingerprint density at radius 2 is 1.64 bits per heavy atom. The largest absolute Gasteiger partial charge is 0.496 e. The van der Waals surface area contributed by atoms with E-state index < -0.39 is 0 Å². The second kappa shape index (κ2) is 23.2. The number of anilines is 1. The molecule has 236 valence electrons. The normalized spacial score (nSPS) is 9.86. The van der Waals surface area contributed by atoms with Crippen LogP contribution in [0, 0.1) is 0 Å². The van der Waals surface area contributed by atoms with E-state index in [2.05, 4.69) is 51.0 Å². The van der Waals surface area contributed by atoms with Gasteiger partial charge in [0.25, 0.3) is 0 Å². The average molecular weight is 583 g/mol. The first-order valence-corrected chi connectivity index (χ1v) is 15.9. The molecule has 0 fully saturated rings. The molecule has 1 N–H and O–H groups in total. The predicted octanol–water partition coefficient (Wildman–Crippen LogP) is 8.37. The lowest BCUT2D eigenvalue weighted by Gasteiger charge is -2.22. The number of unbranched alkanes of at least 4 members (excludes halogenated alkanes) is 3. The van der Waals surface area contributed by atoms with E-state index in [1.165, 1.54) is 43.2 Å². The molecule has 42 heavy (non-hydrogen) atoms. The van der Waals surface area contributed by atoms with Crippen molar-refractivity contribution in [1.82, 2.24) is 14.9 Å². The third kappa shape index (κ3) is 13.1. The molecule has 3 aromatic rings. The lowest BCUT2D eigenvalue weighted by Crippen LogP contribution is -2.29. The molecule has 0 aliphatic carbocycles. The number of benzene rings is 1. The highest BCUT2D eigenvalue weighted by Crippen LogP contribution is 2.27. The zero-order valence-corrected chi connectivity index (χ0v) is 28.2. The number of ether oxygens (including phenoxy) is 1. The van der Waals surface area contributed by atoms with Gasteiger partial charge < -0.3 is 19.5 Å². The molecule has 1 aromatic carbocycles. The number of aromatic nitrogens is 2. The predicted molar refractivity (Wildman–Crippen MR) is 180 cm³/mol. The standard InChI is InChI=1S/C18H29NO2.C12H15N3O.C3H8.C2H6/c1-5-7-8-9-10-16-14-17(11-12-18(16)21-4)19(13-6-2)15(3)20;1-3-9-4-6-14-12-10(9)5-7-15(12)8-11(16)13-2;1-3-2;1-2/h11-12,14H,5-10,13H2,1-4H3;4-7H,3,8H2,1-2H3,(H,13,16);3H2,1-2H3;1-2H3. The first-order valence-electron chi connectivity index (χ1n) is 15.9. The van der Waals surface area contributed by atoms with Crippen LogP contribution in [-0.2, 0) is 29.0 Å². The van der Waals surface area contributed by atoms with Crippen LogP contribution in [-0.4, -0.2) is 42.1 Å². The summed E-state index contributed by atoms with van der Waals surface area (Å²) < 4.78 is 7.32. The fourth-order valence-corrected chi connectivity index (χ4v) is 4.38. The molecule has 2 aromatic heterocycles. The van der Waals surface area contributed by atoms with Crippen molar-refractivity contribution < 1.29 is 14.3 Å². The number of rotatable bonds is 12. The quantitative estimate of drug-likeness (QED) is 0.218. The number of fused-ring (bicyclic) bond motifs is 1. The SMILES string of the molecule is CC.CCC.CCCCCCc1cc(N(CCC)C(C)=O)ccc1OC.CCc1ccnc2c1ccn2CC(=O)NC. The van der Waals surface area contributed by atoms with Gasteiger partial charge in [-0.05, 0) is 67.1 Å². The number of hydrogen-bond donors (Lipinski definition) is 1. The van der Waals surface area contributed by atoms with Crippen LogP contribution in [0.2, 0.25) is 0 Å². The molecule has 7 nitrogen and oxygen atoms in total. The first kappa shape index (κ1) is 38.6. The summed E-state index contributed by atoms with van der Waals surface area (Å²) in [5.74, 6) is 1.01. The number of methoxy groups -OCH3 is 1. The van der Waals surface area contributed by atoms with Gasteiger partial charge >= 0.3 is 0 Å². The number of amides is 2. The molecule has 0 unspecified atom stereocenters. The Morgan fingerprint density at radius 3 is 2.19 bits per heavy atom. The van der Waals surface area contributed by atoms with Gasteiger partial charge in [-0.3, -0.25) is 9.59 Å². The van der Waals surface area contributed by atoms with Gasteiger partial charge in [0.15, 0.2) is 0 Å². The second-order valence-electron chi connectivity index (χ2n) is 9.86. The van der Waals surface area contributed by atoms with E-state index in [0.29, 0.717) is 6.54 Å². The van der Waals surface area contributed by atoms with Crippen molar-refractivity contribution in [3.05, 3.63) is 53.9 Å². The topological polar surface area (TPSA) is 76.5 Å². The maximum absolute atomic E-state index is 11.8. The smallest absolute Gasteiger partial charge is 0.239 e. The van der Waals surface area contributed by atoms with Crippen molar-refractivity contribution in [3.63, 3.8) is 0 Å².